The van der Waals surface area contributed by atoms with Crippen LogP contribution in [0.1, 0.15) is 12.8 Å². The highest BCUT2D eigenvalue weighted by Crippen LogP contribution is 2.21. The number of carbonyl (C=O) groups excluding carboxylic acids is 1. The van der Waals surface area contributed by atoms with Crippen LogP contribution >= 0.6 is 0 Å². The number of methoxy groups -OCH3 is 1. The number of aliphatic hydroxyl groups excluding tert-OH is 1. The average Bonchev–Trinajstić information content (AvgIpc) is 2.81. The lowest BCUT2D eigenvalue weighted by atomic mass is 10.1. The van der Waals surface area contributed by atoms with E-state index in [1.807, 2.05) is 6.08 Å². The van der Waals surface area contributed by atoms with Gasteiger partial charge in [-0.25, -0.2) is 9.59 Å². The molecular formula is C13H20N2O5. The van der Waals surface area contributed by atoms with Crippen LogP contribution in [-0.2, 0) is 9.53 Å². The van der Waals surface area contributed by atoms with Crippen molar-refractivity contribution < 1.29 is 24.5 Å². The lowest BCUT2D eigenvalue weighted by molar-refractivity contribution is -0.141. The Morgan fingerprint density at radius 2 is 2.25 bits per heavy atom. The summed E-state index contributed by atoms with van der Waals surface area (Å²) >= 11 is 0. The second kappa shape index (κ2) is 6.23. The summed E-state index contributed by atoms with van der Waals surface area (Å²) in [5, 5.41) is 18.7. The highest BCUT2D eigenvalue weighted by atomic mass is 16.5. The van der Waals surface area contributed by atoms with E-state index in [9.17, 15) is 14.7 Å². The molecule has 20 heavy (non-hydrogen) atoms. The Hall–Kier alpha value is -1.60. The first kappa shape index (κ1) is 14.8. The third-order valence-electron chi connectivity index (χ3n) is 3.71. The van der Waals surface area contributed by atoms with Crippen molar-refractivity contribution in [3.63, 3.8) is 0 Å². The van der Waals surface area contributed by atoms with Crippen molar-refractivity contribution in [3.8, 4) is 0 Å². The Kier molecular flexibility index (Phi) is 4.61. The number of amides is 2. The minimum Gasteiger partial charge on any atom is -0.480 e. The fourth-order valence-electron chi connectivity index (χ4n) is 2.64. The number of ether oxygens (including phenoxy) is 1. The molecule has 112 valence electrons. The first-order chi connectivity index (χ1) is 9.52. The van der Waals surface area contributed by atoms with Crippen molar-refractivity contribution in [3.05, 3.63) is 11.6 Å². The first-order valence-electron chi connectivity index (χ1n) is 6.66. The summed E-state index contributed by atoms with van der Waals surface area (Å²) in [6.45, 7) is 1.65. The van der Waals surface area contributed by atoms with Gasteiger partial charge in [-0.15, -0.1) is 0 Å². The summed E-state index contributed by atoms with van der Waals surface area (Å²) in [7, 11) is 1.63. The van der Waals surface area contributed by atoms with Crippen LogP contribution in [0.4, 0.5) is 4.79 Å². The summed E-state index contributed by atoms with van der Waals surface area (Å²) in [6, 6.07) is -1.25. The molecule has 2 N–H and O–H groups in total. The predicted octanol–water partition coefficient (Wildman–Crippen LogP) is -0.0953. The molecule has 0 aromatic heterocycles. The lowest BCUT2D eigenvalue weighted by Crippen LogP contribution is -2.49. The maximum Gasteiger partial charge on any atom is 0.326 e. The fraction of sp³-hybridized carbons (Fsp3) is 0.692. The monoisotopic (exact) mass is 284 g/mol. The van der Waals surface area contributed by atoms with Gasteiger partial charge in [0, 0.05) is 33.2 Å². The van der Waals surface area contributed by atoms with Gasteiger partial charge in [-0.2, -0.15) is 0 Å². The SMILES string of the molecule is COCC1=CCN(C(=O)N2C[C@H](O)C[C@H]2C(=O)O)CC1. The molecule has 0 aromatic carbocycles. The largest absolute Gasteiger partial charge is 0.480 e. The van der Waals surface area contributed by atoms with Crippen LogP contribution < -0.4 is 0 Å². The number of hydrogen-bond donors (Lipinski definition) is 2. The molecule has 0 aliphatic carbocycles. The van der Waals surface area contributed by atoms with Gasteiger partial charge in [0.15, 0.2) is 0 Å². The van der Waals surface area contributed by atoms with Gasteiger partial charge in [-0.05, 0) is 12.0 Å². The minimum atomic E-state index is -1.07. The molecule has 2 heterocycles. The highest BCUT2D eigenvalue weighted by molar-refractivity contribution is 5.83. The van der Waals surface area contributed by atoms with E-state index in [1.165, 1.54) is 4.90 Å². The van der Waals surface area contributed by atoms with Gasteiger partial charge in [0.25, 0.3) is 0 Å². The van der Waals surface area contributed by atoms with E-state index >= 15 is 0 Å². The van der Waals surface area contributed by atoms with E-state index in [1.54, 1.807) is 12.0 Å². The standard InChI is InChI=1S/C13H20N2O5/c1-20-8-9-2-4-14(5-3-9)13(19)15-7-10(16)6-11(15)12(17)18/h2,10-11,16H,3-8H2,1H3,(H,17,18)/t10-,11+/m1/s1. The molecule has 0 aromatic rings. The van der Waals surface area contributed by atoms with Gasteiger partial charge >= 0.3 is 12.0 Å². The second-order valence-corrected chi connectivity index (χ2v) is 5.17. The van der Waals surface area contributed by atoms with Gasteiger partial charge in [0.1, 0.15) is 6.04 Å². The van der Waals surface area contributed by atoms with Crippen molar-refractivity contribution in [2.45, 2.75) is 25.0 Å². The quantitative estimate of drug-likeness (QED) is 0.707. The van der Waals surface area contributed by atoms with Gasteiger partial charge in [0.2, 0.25) is 0 Å². The van der Waals surface area contributed by atoms with Crippen LogP contribution in [0.5, 0.6) is 0 Å². The maximum atomic E-state index is 12.3. The molecule has 2 rings (SSSR count). The van der Waals surface area contributed by atoms with Crippen LogP contribution in [0, 0.1) is 0 Å². The summed E-state index contributed by atoms with van der Waals surface area (Å²) in [4.78, 5) is 26.3. The Morgan fingerprint density at radius 3 is 2.80 bits per heavy atom. The molecule has 2 aliphatic rings. The minimum absolute atomic E-state index is 0.0843. The van der Waals surface area contributed by atoms with Crippen molar-refractivity contribution >= 4 is 12.0 Å². The van der Waals surface area contributed by atoms with Crippen LogP contribution in [0.3, 0.4) is 0 Å². The molecule has 0 radical (unpaired) electrons. The van der Waals surface area contributed by atoms with Gasteiger partial charge in [-0.3, -0.25) is 0 Å². The fourth-order valence-corrected chi connectivity index (χ4v) is 2.64. The molecule has 1 saturated heterocycles. The van der Waals surface area contributed by atoms with Gasteiger partial charge < -0.3 is 24.7 Å². The van der Waals surface area contributed by atoms with Crippen molar-refractivity contribution in [2.24, 2.45) is 0 Å². The van der Waals surface area contributed by atoms with Gasteiger partial charge in [-0.1, -0.05) is 6.08 Å². The Labute approximate surface area is 117 Å². The topological polar surface area (TPSA) is 90.3 Å². The predicted molar refractivity (Wildman–Crippen MR) is 70.3 cm³/mol. The Balaban J connectivity index is 1.99. The number of urea groups is 1. The summed E-state index contributed by atoms with van der Waals surface area (Å²) in [6.07, 6.45) is 2.00. The molecule has 2 atom stereocenters. The number of nitrogens with zero attached hydrogens (tertiary/aromatic N) is 2. The van der Waals surface area contributed by atoms with E-state index in [0.717, 1.165) is 12.0 Å². The number of carboxylic acids is 1. The zero-order valence-electron chi connectivity index (χ0n) is 11.5. The molecule has 7 nitrogen and oxygen atoms in total. The third-order valence-corrected chi connectivity index (χ3v) is 3.71. The normalized spacial score (nSPS) is 26.6. The molecular weight excluding hydrogens is 264 g/mol. The molecule has 7 heteroatoms. The summed E-state index contributed by atoms with van der Waals surface area (Å²) in [5.41, 5.74) is 1.15. The Morgan fingerprint density at radius 1 is 1.50 bits per heavy atom. The van der Waals surface area contributed by atoms with E-state index in [2.05, 4.69) is 0 Å². The van der Waals surface area contributed by atoms with E-state index in [-0.39, 0.29) is 19.0 Å². The molecule has 0 bridgehead atoms. The molecule has 2 amide bonds. The zero-order valence-corrected chi connectivity index (χ0v) is 11.5. The zero-order chi connectivity index (χ0) is 14.7. The lowest BCUT2D eigenvalue weighted by Gasteiger charge is -2.32. The smallest absolute Gasteiger partial charge is 0.326 e. The number of β-amino-alcohol motifs (C(OH)–C–C–N with tert-alkyl or cyclic N) is 1. The number of carbonyl (C=O) groups is 2. The third kappa shape index (κ3) is 3.10. The highest BCUT2D eigenvalue weighted by Gasteiger charge is 2.40. The van der Waals surface area contributed by atoms with Crippen molar-refractivity contribution in [1.82, 2.24) is 9.80 Å². The molecule has 1 fully saturated rings. The summed E-state index contributed by atoms with van der Waals surface area (Å²) < 4.78 is 5.05. The number of likely N-dealkylation sites (tertiary alicyclic amines) is 1. The van der Waals surface area contributed by atoms with Gasteiger partial charge in [0.05, 0.1) is 12.7 Å². The molecule has 0 unspecified atom stereocenters. The number of aliphatic carboxylic acids is 1. The number of rotatable bonds is 3. The maximum absolute atomic E-state index is 12.3. The Bertz CT molecular complexity index is 423. The van der Waals surface area contributed by atoms with Crippen molar-refractivity contribution in [2.75, 3.05) is 33.4 Å². The number of carboxylic acid groups (broad SMARTS) is 1. The van der Waals surface area contributed by atoms with Crippen LogP contribution in [0.2, 0.25) is 0 Å². The number of aliphatic hydroxyl groups is 1. The van der Waals surface area contributed by atoms with Crippen molar-refractivity contribution in [1.29, 1.82) is 0 Å². The van der Waals surface area contributed by atoms with E-state index in [0.29, 0.717) is 19.7 Å². The molecule has 0 saturated carbocycles. The van der Waals surface area contributed by atoms with Crippen LogP contribution in [-0.4, -0.2) is 77.5 Å². The first-order valence-corrected chi connectivity index (χ1v) is 6.66. The van der Waals surface area contributed by atoms with Crippen LogP contribution in [0.25, 0.3) is 0 Å². The molecule has 2 aliphatic heterocycles. The molecule has 0 spiro atoms. The summed E-state index contributed by atoms with van der Waals surface area (Å²) in [5.74, 6) is -1.07. The van der Waals surface area contributed by atoms with E-state index in [4.69, 9.17) is 9.84 Å². The van der Waals surface area contributed by atoms with Crippen LogP contribution in [0.15, 0.2) is 11.6 Å². The number of hydrogen-bond acceptors (Lipinski definition) is 4. The average molecular weight is 284 g/mol. The van der Waals surface area contributed by atoms with E-state index < -0.39 is 18.1 Å². The second-order valence-electron chi connectivity index (χ2n) is 5.17.